The third-order valence-electron chi connectivity index (χ3n) is 7.49. The predicted octanol–water partition coefficient (Wildman–Crippen LogP) is 7.65. The smallest absolute Gasteiger partial charge is 0.272 e. The fourth-order valence-electron chi connectivity index (χ4n) is 5.25. The summed E-state index contributed by atoms with van der Waals surface area (Å²) in [4.78, 5) is 42.7. The molecule has 0 aliphatic carbocycles. The Labute approximate surface area is 266 Å². The Morgan fingerprint density at radius 2 is 1.22 bits per heavy atom. The van der Waals surface area contributed by atoms with E-state index in [4.69, 9.17) is 0 Å². The summed E-state index contributed by atoms with van der Waals surface area (Å²) in [6.45, 7) is 0. The van der Waals surface area contributed by atoms with Crippen LogP contribution in [-0.2, 0) is 22.4 Å². The molecule has 5 aromatic carbocycles. The summed E-state index contributed by atoms with van der Waals surface area (Å²) >= 11 is 1.45. The van der Waals surface area contributed by atoms with Gasteiger partial charge >= 0.3 is 0 Å². The van der Waals surface area contributed by atoms with Gasteiger partial charge in [0, 0.05) is 16.1 Å². The van der Waals surface area contributed by atoms with E-state index in [2.05, 4.69) is 22.8 Å². The summed E-state index contributed by atoms with van der Waals surface area (Å²) in [5, 5.41) is 5.65. The Balaban J connectivity index is 1.14. The zero-order chi connectivity index (χ0) is 31.0. The van der Waals surface area contributed by atoms with E-state index < -0.39 is 5.91 Å². The molecular weight excluding hydrogens is 579 g/mol. The minimum absolute atomic E-state index is 0.00373. The van der Waals surface area contributed by atoms with Gasteiger partial charge in [0.15, 0.2) is 0 Å². The summed E-state index contributed by atoms with van der Waals surface area (Å²) in [5.41, 5.74) is 6.11. The molecule has 3 amide bonds. The molecule has 2 N–H and O–H groups in total. The first-order valence-corrected chi connectivity index (χ1v) is 15.7. The van der Waals surface area contributed by atoms with E-state index in [0.717, 1.165) is 45.8 Å². The van der Waals surface area contributed by atoms with Crippen LogP contribution in [0.3, 0.4) is 0 Å². The number of aryl methyl sites for hydroxylation is 2. The number of carbonyl (C=O) groups excluding carboxylic acids is 3. The van der Waals surface area contributed by atoms with Crippen LogP contribution in [0.1, 0.15) is 27.0 Å². The van der Waals surface area contributed by atoms with Crippen molar-refractivity contribution in [1.82, 2.24) is 5.32 Å². The highest BCUT2D eigenvalue weighted by atomic mass is 32.2. The van der Waals surface area contributed by atoms with Gasteiger partial charge in [-0.1, -0.05) is 84.9 Å². The summed E-state index contributed by atoms with van der Waals surface area (Å²) < 4.78 is 0. The van der Waals surface area contributed by atoms with Crippen molar-refractivity contribution in [3.63, 3.8) is 0 Å². The van der Waals surface area contributed by atoms with Gasteiger partial charge in [0.05, 0.1) is 17.1 Å². The Morgan fingerprint density at radius 3 is 1.84 bits per heavy atom. The second kappa shape index (κ2) is 13.9. The minimum Gasteiger partial charge on any atom is -0.321 e. The maximum absolute atomic E-state index is 13.7. The molecule has 1 heterocycles. The molecule has 0 spiro atoms. The van der Waals surface area contributed by atoms with E-state index in [1.54, 1.807) is 42.5 Å². The van der Waals surface area contributed by atoms with Gasteiger partial charge in [-0.3, -0.25) is 19.3 Å². The van der Waals surface area contributed by atoms with Crippen LogP contribution in [0.4, 0.5) is 17.1 Å². The van der Waals surface area contributed by atoms with Crippen molar-refractivity contribution in [2.75, 3.05) is 16.0 Å². The molecule has 0 bridgehead atoms. The maximum Gasteiger partial charge on any atom is 0.272 e. The molecule has 0 unspecified atom stereocenters. The van der Waals surface area contributed by atoms with Gasteiger partial charge < -0.3 is 10.6 Å². The van der Waals surface area contributed by atoms with E-state index in [1.165, 1.54) is 11.8 Å². The average Bonchev–Trinajstić information content (AvgIpc) is 3.25. The van der Waals surface area contributed by atoms with Gasteiger partial charge in [-0.25, -0.2) is 0 Å². The van der Waals surface area contributed by atoms with Crippen LogP contribution in [0.5, 0.6) is 0 Å². The minimum atomic E-state index is -0.447. The molecule has 7 heteroatoms. The van der Waals surface area contributed by atoms with Crippen molar-refractivity contribution in [2.45, 2.75) is 17.7 Å². The average molecular weight is 610 g/mol. The van der Waals surface area contributed by atoms with Crippen LogP contribution >= 0.6 is 11.8 Å². The lowest BCUT2D eigenvalue weighted by Gasteiger charge is -2.25. The van der Waals surface area contributed by atoms with Gasteiger partial charge in [-0.15, -0.1) is 11.8 Å². The molecule has 0 aromatic heterocycles. The van der Waals surface area contributed by atoms with Crippen LogP contribution in [0, 0.1) is 0 Å². The third kappa shape index (κ3) is 7.22. The first kappa shape index (κ1) is 29.7. The molecule has 45 heavy (non-hydrogen) atoms. The molecule has 0 saturated carbocycles. The monoisotopic (exact) mass is 609 g/mol. The number of nitrogens with zero attached hydrogens (tertiary/aromatic N) is 1. The predicted molar refractivity (Wildman–Crippen MR) is 182 cm³/mol. The number of thioether (sulfide) groups is 1. The third-order valence-corrected chi connectivity index (χ3v) is 8.49. The summed E-state index contributed by atoms with van der Waals surface area (Å²) in [6, 6.07) is 41.6. The number of rotatable bonds is 8. The van der Waals surface area contributed by atoms with Crippen molar-refractivity contribution in [2.24, 2.45) is 0 Å². The molecule has 0 saturated heterocycles. The van der Waals surface area contributed by atoms with Crippen LogP contribution in [0.15, 0.2) is 144 Å². The normalized spacial score (nSPS) is 12.4. The van der Waals surface area contributed by atoms with Gasteiger partial charge in [-0.2, -0.15) is 0 Å². The lowest BCUT2D eigenvalue weighted by molar-refractivity contribution is -0.115. The molecular formula is C38H31N3O3S. The summed E-state index contributed by atoms with van der Waals surface area (Å²) in [5.74, 6) is -0.565. The van der Waals surface area contributed by atoms with Crippen LogP contribution in [0.25, 0.3) is 6.08 Å². The Kier molecular flexibility index (Phi) is 9.18. The number of hydrogen-bond acceptors (Lipinski definition) is 4. The van der Waals surface area contributed by atoms with Gasteiger partial charge in [0.1, 0.15) is 5.70 Å². The van der Waals surface area contributed by atoms with Gasteiger partial charge in [0.25, 0.3) is 11.8 Å². The van der Waals surface area contributed by atoms with Gasteiger partial charge in [-0.05, 0) is 84.1 Å². The number of hydrogen-bond donors (Lipinski definition) is 2. The molecule has 222 valence electrons. The Hall–Kier alpha value is -5.40. The number of carbonyl (C=O) groups is 3. The van der Waals surface area contributed by atoms with E-state index in [1.807, 2.05) is 89.8 Å². The number of fused-ring (bicyclic) bond motifs is 2. The second-order valence-electron chi connectivity index (χ2n) is 10.5. The van der Waals surface area contributed by atoms with Crippen molar-refractivity contribution in [3.8, 4) is 0 Å². The van der Waals surface area contributed by atoms with Crippen molar-refractivity contribution in [3.05, 3.63) is 161 Å². The van der Waals surface area contributed by atoms with Crippen molar-refractivity contribution in [1.29, 1.82) is 0 Å². The molecule has 1 aliphatic rings. The molecule has 1 aliphatic heterocycles. The second-order valence-corrected chi connectivity index (χ2v) is 11.6. The molecule has 5 aromatic rings. The van der Waals surface area contributed by atoms with Crippen LogP contribution < -0.4 is 15.5 Å². The number of nitrogens with one attached hydrogen (secondary N) is 2. The lowest BCUT2D eigenvalue weighted by atomic mass is 10.0. The van der Waals surface area contributed by atoms with E-state index in [-0.39, 0.29) is 23.3 Å². The first-order valence-electron chi connectivity index (χ1n) is 14.7. The molecule has 0 fully saturated rings. The fraction of sp³-hybridized carbons (Fsp3) is 0.0789. The zero-order valence-corrected chi connectivity index (χ0v) is 25.3. The van der Waals surface area contributed by atoms with Gasteiger partial charge in [0.2, 0.25) is 5.91 Å². The van der Waals surface area contributed by atoms with E-state index >= 15 is 0 Å². The maximum atomic E-state index is 13.7. The Bertz CT molecular complexity index is 1810. The highest BCUT2D eigenvalue weighted by molar-refractivity contribution is 8.00. The molecule has 0 atom stereocenters. The lowest BCUT2D eigenvalue weighted by Crippen LogP contribution is -2.30. The summed E-state index contributed by atoms with van der Waals surface area (Å²) in [7, 11) is 0. The standard InChI is InChI=1S/C38H31N3O3S/c42-36(41-34-17-9-7-13-28(34)19-20-29-14-8-10-18-35(29)41)26-45-32-23-21-31(22-24-32)39-38(44)33(25-27-11-3-1-4-12-27)40-37(43)30-15-5-2-6-16-30/h1-18,21-25H,19-20,26H2,(H,39,44)(H,40,43)/b33-25-. The summed E-state index contributed by atoms with van der Waals surface area (Å²) in [6.07, 6.45) is 3.41. The van der Waals surface area contributed by atoms with E-state index in [0.29, 0.717) is 11.3 Å². The van der Waals surface area contributed by atoms with E-state index in [9.17, 15) is 14.4 Å². The molecule has 6 rings (SSSR count). The van der Waals surface area contributed by atoms with Crippen LogP contribution in [0.2, 0.25) is 0 Å². The largest absolute Gasteiger partial charge is 0.321 e. The fourth-order valence-corrected chi connectivity index (χ4v) is 6.00. The first-order chi connectivity index (χ1) is 22.0. The molecule has 0 radical (unpaired) electrons. The zero-order valence-electron chi connectivity index (χ0n) is 24.5. The number of benzene rings is 5. The SMILES string of the molecule is O=C(Nc1ccc(SCC(=O)N2c3ccccc3CCc3ccccc32)cc1)/C(=C/c1ccccc1)NC(=O)c1ccccc1. The highest BCUT2D eigenvalue weighted by Gasteiger charge is 2.25. The highest BCUT2D eigenvalue weighted by Crippen LogP contribution is 2.37. The quantitative estimate of drug-likeness (QED) is 0.140. The topological polar surface area (TPSA) is 78.5 Å². The molecule has 6 nitrogen and oxygen atoms in total. The number of amides is 3. The Morgan fingerprint density at radius 1 is 0.667 bits per heavy atom. The van der Waals surface area contributed by atoms with Crippen molar-refractivity contribution < 1.29 is 14.4 Å². The van der Waals surface area contributed by atoms with Crippen LogP contribution in [-0.4, -0.2) is 23.5 Å². The van der Waals surface area contributed by atoms with Crippen molar-refractivity contribution >= 4 is 52.6 Å². The number of anilines is 3. The number of para-hydroxylation sites is 2.